The molecular weight excluding hydrogens is 556 g/mol. The molecule has 3 saturated heterocycles. The third-order valence-electron chi connectivity index (χ3n) is 8.98. The molecule has 10 nitrogen and oxygen atoms in total. The van der Waals surface area contributed by atoms with E-state index in [0.717, 1.165) is 43.9 Å². The van der Waals surface area contributed by atoms with E-state index >= 15 is 0 Å². The summed E-state index contributed by atoms with van der Waals surface area (Å²) >= 11 is 0. The van der Waals surface area contributed by atoms with Crippen LogP contribution in [0.2, 0.25) is 0 Å². The summed E-state index contributed by atoms with van der Waals surface area (Å²) in [5.74, 6) is 0.486. The first-order valence-corrected chi connectivity index (χ1v) is 14.3. The molecule has 0 radical (unpaired) electrons. The molecule has 3 aliphatic heterocycles. The van der Waals surface area contributed by atoms with Gasteiger partial charge in [0.05, 0.1) is 36.8 Å². The molecule has 4 heterocycles. The summed E-state index contributed by atoms with van der Waals surface area (Å²) in [6.45, 7) is 8.98. The van der Waals surface area contributed by atoms with Gasteiger partial charge in [-0.25, -0.2) is 23.8 Å². The lowest BCUT2D eigenvalue weighted by Gasteiger charge is -2.33. The Morgan fingerprint density at radius 2 is 2.02 bits per heavy atom. The molecule has 0 unspecified atom stereocenters. The standard InChI is InChI=1S/C31H35F2N7O3/c1-5-30(41)37-23-13-24(27(42-4)14-26(23)39-16-19-8-10-38(3)31(19,2)17-39)36-28-15-29(35-18-34-28)40-25(9-11-43-40)21-12-20(32)6-7-22(21)33/h5-7,12-15,18-19,25H,1,8-11,16-17H2,2-4H3,(H,37,41)(H,34,35,36)/t19-,25-,31+/m1/s1. The number of rotatable bonds is 8. The monoisotopic (exact) mass is 591 g/mol. The highest BCUT2D eigenvalue weighted by atomic mass is 19.1. The highest BCUT2D eigenvalue weighted by molar-refractivity contribution is 6.02. The zero-order valence-electron chi connectivity index (χ0n) is 24.4. The highest BCUT2D eigenvalue weighted by Gasteiger charge is 2.50. The second kappa shape index (κ2) is 11.4. The molecule has 3 atom stereocenters. The summed E-state index contributed by atoms with van der Waals surface area (Å²) in [7, 11) is 3.75. The number of benzene rings is 2. The van der Waals surface area contributed by atoms with Crippen molar-refractivity contribution < 1.29 is 23.1 Å². The number of fused-ring (bicyclic) bond motifs is 1. The van der Waals surface area contributed by atoms with Crippen LogP contribution < -0.4 is 25.3 Å². The predicted molar refractivity (Wildman–Crippen MR) is 161 cm³/mol. The van der Waals surface area contributed by atoms with Crippen LogP contribution in [0.15, 0.2) is 55.4 Å². The molecule has 0 aliphatic carbocycles. The molecule has 6 rings (SSSR count). The van der Waals surface area contributed by atoms with Crippen molar-refractivity contribution in [3.05, 3.63) is 72.6 Å². The molecule has 0 spiro atoms. The topological polar surface area (TPSA) is 95.1 Å². The van der Waals surface area contributed by atoms with Gasteiger partial charge in [-0.1, -0.05) is 6.58 Å². The maximum absolute atomic E-state index is 14.6. The lowest BCUT2D eigenvalue weighted by molar-refractivity contribution is -0.111. The Hall–Kier alpha value is -4.29. The van der Waals surface area contributed by atoms with E-state index in [4.69, 9.17) is 9.57 Å². The Bertz CT molecular complexity index is 1560. The Labute approximate surface area is 249 Å². The third-order valence-corrected chi connectivity index (χ3v) is 8.98. The van der Waals surface area contributed by atoms with Crippen molar-refractivity contribution in [1.29, 1.82) is 0 Å². The molecule has 43 heavy (non-hydrogen) atoms. The number of anilines is 5. The van der Waals surface area contributed by atoms with Crippen molar-refractivity contribution in [2.75, 3.05) is 61.0 Å². The smallest absolute Gasteiger partial charge is 0.247 e. The van der Waals surface area contributed by atoms with E-state index < -0.39 is 17.7 Å². The Balaban J connectivity index is 1.31. The molecular formula is C31H35F2N7O3. The number of amides is 1. The van der Waals surface area contributed by atoms with Gasteiger partial charge in [-0.3, -0.25) is 14.5 Å². The van der Waals surface area contributed by atoms with Crippen LogP contribution in [-0.4, -0.2) is 66.7 Å². The predicted octanol–water partition coefficient (Wildman–Crippen LogP) is 5.04. The maximum atomic E-state index is 14.6. The van der Waals surface area contributed by atoms with Crippen molar-refractivity contribution >= 4 is 34.6 Å². The number of carbonyl (C=O) groups excluding carboxylic acids is 1. The lowest BCUT2D eigenvalue weighted by atomic mass is 9.91. The van der Waals surface area contributed by atoms with Crippen LogP contribution in [0.1, 0.15) is 31.4 Å². The average molecular weight is 592 g/mol. The summed E-state index contributed by atoms with van der Waals surface area (Å²) < 4.78 is 34.4. The number of likely N-dealkylation sites (tertiary alicyclic amines) is 1. The van der Waals surface area contributed by atoms with E-state index in [-0.39, 0.29) is 17.0 Å². The van der Waals surface area contributed by atoms with Crippen LogP contribution in [0.4, 0.5) is 37.5 Å². The second-order valence-corrected chi connectivity index (χ2v) is 11.4. The zero-order valence-corrected chi connectivity index (χ0v) is 24.4. The molecule has 1 amide bonds. The number of hydroxylamine groups is 1. The van der Waals surface area contributed by atoms with Crippen LogP contribution >= 0.6 is 0 Å². The average Bonchev–Trinajstić information content (AvgIpc) is 3.69. The number of likely N-dealkylation sites (N-methyl/N-ethyl adjacent to an activating group) is 1. The van der Waals surface area contributed by atoms with E-state index in [1.165, 1.54) is 23.5 Å². The first-order chi connectivity index (χ1) is 20.7. The summed E-state index contributed by atoms with van der Waals surface area (Å²) in [6, 6.07) is 8.20. The van der Waals surface area contributed by atoms with Crippen LogP contribution in [0.5, 0.6) is 5.75 Å². The minimum atomic E-state index is -0.561. The van der Waals surface area contributed by atoms with E-state index in [1.54, 1.807) is 13.2 Å². The molecule has 1 aromatic heterocycles. The highest BCUT2D eigenvalue weighted by Crippen LogP contribution is 2.46. The maximum Gasteiger partial charge on any atom is 0.247 e. The number of aromatic nitrogens is 2. The number of hydrogen-bond donors (Lipinski definition) is 2. The Kier molecular flexibility index (Phi) is 7.65. The number of halogens is 2. The van der Waals surface area contributed by atoms with Gasteiger partial charge in [-0.2, -0.15) is 0 Å². The fourth-order valence-corrected chi connectivity index (χ4v) is 6.47. The number of hydrogen-bond acceptors (Lipinski definition) is 9. The zero-order chi connectivity index (χ0) is 30.3. The molecule has 2 N–H and O–H groups in total. The van der Waals surface area contributed by atoms with Crippen molar-refractivity contribution in [2.24, 2.45) is 5.92 Å². The number of methoxy groups -OCH3 is 1. The van der Waals surface area contributed by atoms with Gasteiger partial charge in [0.25, 0.3) is 0 Å². The van der Waals surface area contributed by atoms with Gasteiger partial charge >= 0.3 is 0 Å². The quantitative estimate of drug-likeness (QED) is 0.349. The first kappa shape index (κ1) is 28.8. The van der Waals surface area contributed by atoms with Crippen LogP contribution in [0.3, 0.4) is 0 Å². The number of ether oxygens (including phenoxy) is 1. The normalized spacial score (nSPS) is 23.4. The van der Waals surface area contributed by atoms with Crippen LogP contribution in [0, 0.1) is 17.6 Å². The van der Waals surface area contributed by atoms with Gasteiger partial charge in [0.15, 0.2) is 5.82 Å². The third kappa shape index (κ3) is 5.36. The fraction of sp³-hybridized carbons (Fsp3) is 0.387. The molecule has 0 bridgehead atoms. The largest absolute Gasteiger partial charge is 0.494 e. The molecule has 2 aromatic carbocycles. The van der Waals surface area contributed by atoms with E-state index in [2.05, 4.69) is 51.0 Å². The lowest BCUT2D eigenvalue weighted by Crippen LogP contribution is -2.44. The van der Waals surface area contributed by atoms with Gasteiger partial charge in [-0.05, 0) is 63.2 Å². The van der Waals surface area contributed by atoms with Crippen molar-refractivity contribution in [1.82, 2.24) is 14.9 Å². The number of nitrogens with zero attached hydrogens (tertiary/aromatic N) is 5. The van der Waals surface area contributed by atoms with Crippen molar-refractivity contribution in [3.63, 3.8) is 0 Å². The molecule has 3 aliphatic rings. The van der Waals surface area contributed by atoms with Gasteiger partial charge in [0.1, 0.15) is 29.5 Å². The van der Waals surface area contributed by atoms with Gasteiger partial charge in [0, 0.05) is 42.7 Å². The van der Waals surface area contributed by atoms with E-state index in [0.29, 0.717) is 47.7 Å². The molecule has 3 aromatic rings. The van der Waals surface area contributed by atoms with Crippen LogP contribution in [0.25, 0.3) is 0 Å². The van der Waals surface area contributed by atoms with Crippen molar-refractivity contribution in [3.8, 4) is 5.75 Å². The summed E-state index contributed by atoms with van der Waals surface area (Å²) in [6.07, 6.45) is 4.18. The minimum Gasteiger partial charge on any atom is -0.494 e. The minimum absolute atomic E-state index is 0.0468. The molecule has 3 fully saturated rings. The summed E-state index contributed by atoms with van der Waals surface area (Å²) in [5.41, 5.74) is 2.27. The first-order valence-electron chi connectivity index (χ1n) is 14.3. The second-order valence-electron chi connectivity index (χ2n) is 11.4. The summed E-state index contributed by atoms with van der Waals surface area (Å²) in [4.78, 5) is 31.7. The fourth-order valence-electron chi connectivity index (χ4n) is 6.47. The van der Waals surface area contributed by atoms with Gasteiger partial charge in [0.2, 0.25) is 5.91 Å². The number of nitrogens with one attached hydrogen (secondary N) is 2. The molecule has 0 saturated carbocycles. The SMILES string of the molecule is C=CC(=O)Nc1cc(Nc2cc(N3OCC[C@@H]3c3cc(F)ccc3F)ncn2)c(OC)cc1N1C[C@H]2CCN(C)[C@@]2(C)C1. The molecule has 12 heteroatoms. The summed E-state index contributed by atoms with van der Waals surface area (Å²) in [5, 5.41) is 7.70. The Morgan fingerprint density at radius 1 is 1.19 bits per heavy atom. The van der Waals surface area contributed by atoms with Crippen LogP contribution in [-0.2, 0) is 9.63 Å². The van der Waals surface area contributed by atoms with E-state index in [9.17, 15) is 13.6 Å². The van der Waals surface area contributed by atoms with E-state index in [1.807, 2.05) is 12.1 Å². The van der Waals surface area contributed by atoms with Gasteiger partial charge in [-0.15, -0.1) is 0 Å². The van der Waals surface area contributed by atoms with Crippen molar-refractivity contribution in [2.45, 2.75) is 31.3 Å². The van der Waals surface area contributed by atoms with Gasteiger partial charge < -0.3 is 20.3 Å². The Morgan fingerprint density at radius 3 is 2.79 bits per heavy atom. The molecule has 226 valence electrons. The number of carbonyl (C=O) groups is 1.